The standard InChI is InChI=1S/C15H24O3/c1-11(6-8-16)5-7-15(18)12(2)9-13(17)10-14(15,3)4/h6,12-13,16-18H,8-10H2,1-4H3/b11-6-/t12-,13-,15+/m1/s1. The molecule has 0 aromatic rings. The number of allylic oxidation sites excluding steroid dienone is 1. The molecule has 1 aliphatic rings. The van der Waals surface area contributed by atoms with Crippen molar-refractivity contribution in [3.63, 3.8) is 0 Å². The van der Waals surface area contributed by atoms with E-state index in [9.17, 15) is 10.2 Å². The summed E-state index contributed by atoms with van der Waals surface area (Å²) in [5.41, 5.74) is -0.798. The van der Waals surface area contributed by atoms with Crippen LogP contribution in [0.5, 0.6) is 0 Å². The minimum Gasteiger partial charge on any atom is -0.393 e. The number of rotatable bonds is 1. The van der Waals surface area contributed by atoms with Crippen molar-refractivity contribution in [1.82, 2.24) is 0 Å². The second-order valence-corrected chi connectivity index (χ2v) is 5.96. The van der Waals surface area contributed by atoms with Gasteiger partial charge in [-0.05, 0) is 37.3 Å². The van der Waals surface area contributed by atoms with Crippen molar-refractivity contribution in [3.8, 4) is 11.8 Å². The Labute approximate surface area is 110 Å². The molecule has 0 saturated heterocycles. The molecule has 1 aliphatic carbocycles. The quantitative estimate of drug-likeness (QED) is 0.619. The maximum atomic E-state index is 10.8. The minimum atomic E-state index is -1.10. The molecule has 3 heteroatoms. The lowest BCUT2D eigenvalue weighted by Gasteiger charge is -2.48. The van der Waals surface area contributed by atoms with E-state index in [0.29, 0.717) is 12.8 Å². The molecule has 1 rings (SSSR count). The maximum absolute atomic E-state index is 10.8. The van der Waals surface area contributed by atoms with E-state index < -0.39 is 11.0 Å². The van der Waals surface area contributed by atoms with Gasteiger partial charge in [0.25, 0.3) is 0 Å². The van der Waals surface area contributed by atoms with Crippen LogP contribution in [0.1, 0.15) is 40.5 Å². The second-order valence-electron chi connectivity index (χ2n) is 5.96. The first-order valence-corrected chi connectivity index (χ1v) is 6.44. The zero-order chi connectivity index (χ0) is 14.0. The average molecular weight is 252 g/mol. The maximum Gasteiger partial charge on any atom is 0.133 e. The van der Waals surface area contributed by atoms with Crippen molar-refractivity contribution in [2.75, 3.05) is 6.61 Å². The Bertz CT molecular complexity index is 386. The zero-order valence-corrected chi connectivity index (χ0v) is 11.7. The van der Waals surface area contributed by atoms with Crippen LogP contribution in [-0.4, -0.2) is 33.6 Å². The van der Waals surface area contributed by atoms with Gasteiger partial charge in [0.15, 0.2) is 0 Å². The van der Waals surface area contributed by atoms with Gasteiger partial charge in [-0.1, -0.05) is 32.6 Å². The van der Waals surface area contributed by atoms with Crippen LogP contribution in [0.4, 0.5) is 0 Å². The molecule has 0 bridgehead atoms. The van der Waals surface area contributed by atoms with Crippen LogP contribution in [-0.2, 0) is 0 Å². The van der Waals surface area contributed by atoms with Crippen molar-refractivity contribution >= 4 is 0 Å². The third-order valence-corrected chi connectivity index (χ3v) is 3.96. The fourth-order valence-electron chi connectivity index (χ4n) is 2.75. The van der Waals surface area contributed by atoms with Crippen LogP contribution in [0.15, 0.2) is 11.6 Å². The van der Waals surface area contributed by atoms with E-state index in [4.69, 9.17) is 5.11 Å². The normalized spacial score (nSPS) is 35.8. The first-order valence-electron chi connectivity index (χ1n) is 6.44. The predicted octanol–water partition coefficient (Wildman–Crippen LogP) is 1.48. The van der Waals surface area contributed by atoms with Crippen LogP contribution in [0, 0.1) is 23.2 Å². The molecule has 0 heterocycles. The van der Waals surface area contributed by atoms with Crippen LogP contribution in [0.3, 0.4) is 0 Å². The number of aliphatic hydroxyl groups excluding tert-OH is 2. The summed E-state index contributed by atoms with van der Waals surface area (Å²) in [5, 5.41) is 29.4. The van der Waals surface area contributed by atoms with Gasteiger partial charge in [0.05, 0.1) is 12.7 Å². The summed E-state index contributed by atoms with van der Waals surface area (Å²) in [5.74, 6) is 5.79. The van der Waals surface area contributed by atoms with Gasteiger partial charge < -0.3 is 15.3 Å². The summed E-state index contributed by atoms with van der Waals surface area (Å²) >= 11 is 0. The molecule has 1 saturated carbocycles. The highest BCUT2D eigenvalue weighted by molar-refractivity contribution is 5.33. The molecule has 3 nitrogen and oxygen atoms in total. The highest BCUT2D eigenvalue weighted by Crippen LogP contribution is 2.46. The van der Waals surface area contributed by atoms with Gasteiger partial charge in [-0.3, -0.25) is 0 Å². The molecule has 3 atom stereocenters. The van der Waals surface area contributed by atoms with Gasteiger partial charge in [-0.15, -0.1) is 0 Å². The monoisotopic (exact) mass is 252 g/mol. The molecule has 0 unspecified atom stereocenters. The average Bonchev–Trinajstić information content (AvgIpc) is 2.23. The van der Waals surface area contributed by atoms with Crippen molar-refractivity contribution in [2.45, 2.75) is 52.2 Å². The lowest BCUT2D eigenvalue weighted by atomic mass is 9.60. The Morgan fingerprint density at radius 2 is 2.06 bits per heavy atom. The van der Waals surface area contributed by atoms with Crippen molar-refractivity contribution in [2.24, 2.45) is 11.3 Å². The number of hydrogen-bond acceptors (Lipinski definition) is 3. The highest BCUT2D eigenvalue weighted by atomic mass is 16.3. The summed E-state index contributed by atoms with van der Waals surface area (Å²) in [6, 6.07) is 0. The Morgan fingerprint density at radius 3 is 2.56 bits per heavy atom. The summed E-state index contributed by atoms with van der Waals surface area (Å²) in [7, 11) is 0. The summed E-state index contributed by atoms with van der Waals surface area (Å²) in [6.45, 7) is 7.56. The molecule has 0 aliphatic heterocycles. The first-order chi connectivity index (χ1) is 8.23. The molecule has 102 valence electrons. The summed E-state index contributed by atoms with van der Waals surface area (Å²) in [6.07, 6.45) is 2.36. The third-order valence-electron chi connectivity index (χ3n) is 3.96. The van der Waals surface area contributed by atoms with Crippen molar-refractivity contribution in [3.05, 3.63) is 11.6 Å². The molecular formula is C15H24O3. The van der Waals surface area contributed by atoms with Crippen LogP contribution >= 0.6 is 0 Å². The largest absolute Gasteiger partial charge is 0.393 e. The molecular weight excluding hydrogens is 228 g/mol. The Balaban J connectivity index is 3.05. The van der Waals surface area contributed by atoms with E-state index in [0.717, 1.165) is 5.57 Å². The van der Waals surface area contributed by atoms with Gasteiger partial charge in [-0.2, -0.15) is 0 Å². The minimum absolute atomic E-state index is 0.0450. The van der Waals surface area contributed by atoms with Crippen LogP contribution in [0.2, 0.25) is 0 Å². The molecule has 0 aromatic heterocycles. The smallest absolute Gasteiger partial charge is 0.133 e. The lowest BCUT2D eigenvalue weighted by Crippen LogP contribution is -2.54. The van der Waals surface area contributed by atoms with Crippen molar-refractivity contribution < 1.29 is 15.3 Å². The van der Waals surface area contributed by atoms with Gasteiger partial charge in [0, 0.05) is 5.41 Å². The van der Waals surface area contributed by atoms with Gasteiger partial charge in [0.1, 0.15) is 5.60 Å². The topological polar surface area (TPSA) is 60.7 Å². The fourth-order valence-corrected chi connectivity index (χ4v) is 2.75. The zero-order valence-electron chi connectivity index (χ0n) is 11.7. The lowest BCUT2D eigenvalue weighted by molar-refractivity contribution is -0.121. The number of aliphatic hydroxyl groups is 3. The van der Waals surface area contributed by atoms with Gasteiger partial charge >= 0.3 is 0 Å². The molecule has 18 heavy (non-hydrogen) atoms. The predicted molar refractivity (Wildman–Crippen MR) is 71.8 cm³/mol. The molecule has 3 N–H and O–H groups in total. The molecule has 1 fully saturated rings. The van der Waals surface area contributed by atoms with Crippen molar-refractivity contribution in [1.29, 1.82) is 0 Å². The second kappa shape index (κ2) is 5.44. The highest BCUT2D eigenvalue weighted by Gasteiger charge is 2.51. The van der Waals surface area contributed by atoms with E-state index in [-0.39, 0.29) is 18.6 Å². The van der Waals surface area contributed by atoms with Crippen LogP contribution < -0.4 is 0 Å². The first kappa shape index (κ1) is 15.2. The Morgan fingerprint density at radius 1 is 1.44 bits per heavy atom. The molecule has 0 amide bonds. The van der Waals surface area contributed by atoms with E-state index >= 15 is 0 Å². The Hall–Kier alpha value is -0.820. The fraction of sp³-hybridized carbons (Fsp3) is 0.733. The third kappa shape index (κ3) is 2.95. The Kier molecular flexibility index (Phi) is 4.61. The van der Waals surface area contributed by atoms with E-state index in [1.54, 1.807) is 6.08 Å². The van der Waals surface area contributed by atoms with Gasteiger partial charge in [0.2, 0.25) is 0 Å². The number of hydrogen-bond donors (Lipinski definition) is 3. The van der Waals surface area contributed by atoms with E-state index in [2.05, 4.69) is 11.8 Å². The summed E-state index contributed by atoms with van der Waals surface area (Å²) in [4.78, 5) is 0. The summed E-state index contributed by atoms with van der Waals surface area (Å²) < 4.78 is 0. The van der Waals surface area contributed by atoms with Gasteiger partial charge in [-0.25, -0.2) is 0 Å². The van der Waals surface area contributed by atoms with E-state index in [1.165, 1.54) is 0 Å². The molecule has 0 radical (unpaired) electrons. The van der Waals surface area contributed by atoms with Crippen LogP contribution in [0.25, 0.3) is 0 Å². The van der Waals surface area contributed by atoms with E-state index in [1.807, 2.05) is 27.7 Å². The molecule has 0 spiro atoms. The molecule has 0 aromatic carbocycles. The SMILES string of the molecule is C/C(C#C[C@]1(O)[C@H](C)C[C@@H](O)CC1(C)C)=C/CO.